The highest BCUT2D eigenvalue weighted by Gasteiger charge is 2.17. The quantitative estimate of drug-likeness (QED) is 0.752. The van der Waals surface area contributed by atoms with Gasteiger partial charge in [0.1, 0.15) is 17.3 Å². The Morgan fingerprint density at radius 3 is 2.46 bits per heavy atom. The molecule has 5 nitrogen and oxygen atoms in total. The molecule has 1 amide bonds. The third kappa shape index (κ3) is 4.77. The highest BCUT2D eigenvalue weighted by Crippen LogP contribution is 2.24. The van der Waals surface area contributed by atoms with Crippen LogP contribution in [0.5, 0.6) is 0 Å². The Bertz CT molecular complexity index is 699. The molecule has 24 heavy (non-hydrogen) atoms. The van der Waals surface area contributed by atoms with E-state index in [1.807, 2.05) is 29.2 Å². The molecule has 128 valence electrons. The van der Waals surface area contributed by atoms with Crippen LogP contribution >= 0.6 is 15.9 Å². The van der Waals surface area contributed by atoms with E-state index in [0.717, 1.165) is 36.1 Å². The summed E-state index contributed by atoms with van der Waals surface area (Å²) in [6, 6.07) is 9.50. The van der Waals surface area contributed by atoms with Gasteiger partial charge in [-0.1, -0.05) is 26.0 Å². The number of benzene rings is 1. The van der Waals surface area contributed by atoms with Gasteiger partial charge in [0.05, 0.1) is 5.69 Å². The molecule has 6 heteroatoms. The van der Waals surface area contributed by atoms with Crippen LogP contribution in [0.4, 0.5) is 11.5 Å². The number of amides is 1. The van der Waals surface area contributed by atoms with E-state index in [9.17, 15) is 4.79 Å². The molecule has 1 aromatic heterocycles. The zero-order valence-corrected chi connectivity index (χ0v) is 15.9. The standard InChI is InChI=1S/C18H23BrN4O/c1-4-10-23(11-5-2)18(24)16-12-17(21-13(3)20-16)22-15-9-7-6-8-14(15)19/h6-9,12H,4-5,10-11H2,1-3H3,(H,20,21,22). The molecule has 1 heterocycles. The highest BCUT2D eigenvalue weighted by molar-refractivity contribution is 9.10. The first-order valence-electron chi connectivity index (χ1n) is 8.21. The maximum atomic E-state index is 12.7. The van der Waals surface area contributed by atoms with E-state index in [4.69, 9.17) is 0 Å². The summed E-state index contributed by atoms with van der Waals surface area (Å²) >= 11 is 3.50. The number of carbonyl (C=O) groups is 1. The fourth-order valence-corrected chi connectivity index (χ4v) is 2.84. The number of halogens is 1. The number of hydrogen-bond donors (Lipinski definition) is 1. The molecule has 0 radical (unpaired) electrons. The van der Waals surface area contributed by atoms with Crippen LogP contribution in [0.25, 0.3) is 0 Å². The van der Waals surface area contributed by atoms with E-state index in [2.05, 4.69) is 45.1 Å². The largest absolute Gasteiger partial charge is 0.339 e. The van der Waals surface area contributed by atoms with Crippen molar-refractivity contribution in [1.29, 1.82) is 0 Å². The van der Waals surface area contributed by atoms with Gasteiger partial charge in [-0.25, -0.2) is 9.97 Å². The van der Waals surface area contributed by atoms with Gasteiger partial charge in [-0.05, 0) is 47.8 Å². The van der Waals surface area contributed by atoms with Crippen molar-refractivity contribution in [1.82, 2.24) is 14.9 Å². The van der Waals surface area contributed by atoms with Crippen molar-refractivity contribution < 1.29 is 4.79 Å². The Morgan fingerprint density at radius 2 is 1.83 bits per heavy atom. The van der Waals surface area contributed by atoms with Crippen molar-refractivity contribution in [2.45, 2.75) is 33.6 Å². The average Bonchev–Trinajstić information content (AvgIpc) is 2.55. The first kappa shape index (κ1) is 18.4. The number of aromatic nitrogens is 2. The summed E-state index contributed by atoms with van der Waals surface area (Å²) in [5, 5.41) is 3.24. The van der Waals surface area contributed by atoms with Crippen molar-refractivity contribution >= 4 is 33.3 Å². The Labute approximate surface area is 151 Å². The predicted octanol–water partition coefficient (Wildman–Crippen LogP) is 4.55. The van der Waals surface area contributed by atoms with Crippen LogP contribution in [0.2, 0.25) is 0 Å². The van der Waals surface area contributed by atoms with Crippen LogP contribution in [0.1, 0.15) is 43.0 Å². The maximum absolute atomic E-state index is 12.7. The third-order valence-electron chi connectivity index (χ3n) is 3.47. The Balaban J connectivity index is 2.27. The minimum Gasteiger partial charge on any atom is -0.339 e. The van der Waals surface area contributed by atoms with Gasteiger partial charge < -0.3 is 10.2 Å². The monoisotopic (exact) mass is 390 g/mol. The SMILES string of the molecule is CCCN(CCC)C(=O)c1cc(Nc2ccccc2Br)nc(C)n1. The van der Waals surface area contributed by atoms with Crippen LogP contribution in [0, 0.1) is 6.92 Å². The Hall–Kier alpha value is -1.95. The van der Waals surface area contributed by atoms with Crippen molar-refractivity contribution in [2.24, 2.45) is 0 Å². The van der Waals surface area contributed by atoms with Crippen LogP contribution < -0.4 is 5.32 Å². The molecular formula is C18H23BrN4O. The maximum Gasteiger partial charge on any atom is 0.272 e. The molecule has 0 aliphatic carbocycles. The topological polar surface area (TPSA) is 58.1 Å². The number of rotatable bonds is 7. The molecule has 0 aliphatic rings. The zero-order valence-electron chi connectivity index (χ0n) is 14.3. The predicted molar refractivity (Wildman–Crippen MR) is 101 cm³/mol. The second-order valence-corrected chi connectivity index (χ2v) is 6.44. The highest BCUT2D eigenvalue weighted by atomic mass is 79.9. The Kier molecular flexibility index (Phi) is 6.73. The van der Waals surface area contributed by atoms with Crippen molar-refractivity contribution in [3.63, 3.8) is 0 Å². The van der Waals surface area contributed by atoms with Crippen LogP contribution in [-0.2, 0) is 0 Å². The summed E-state index contributed by atoms with van der Waals surface area (Å²) in [5.41, 5.74) is 1.33. The number of carbonyl (C=O) groups excluding carboxylic acids is 1. The minimum atomic E-state index is -0.0422. The van der Waals surface area contributed by atoms with Crippen molar-refractivity contribution in [3.05, 3.63) is 46.3 Å². The first-order valence-corrected chi connectivity index (χ1v) is 9.01. The number of hydrogen-bond acceptors (Lipinski definition) is 4. The van der Waals surface area contributed by atoms with Gasteiger partial charge in [-0.2, -0.15) is 0 Å². The van der Waals surface area contributed by atoms with Crippen molar-refractivity contribution in [3.8, 4) is 0 Å². The number of nitrogens with zero attached hydrogens (tertiary/aromatic N) is 3. The lowest BCUT2D eigenvalue weighted by atomic mass is 10.2. The lowest BCUT2D eigenvalue weighted by Crippen LogP contribution is -2.33. The molecule has 0 aliphatic heterocycles. The average molecular weight is 391 g/mol. The normalized spacial score (nSPS) is 10.5. The molecule has 0 saturated carbocycles. The van der Waals surface area contributed by atoms with Gasteiger partial charge in [0.2, 0.25) is 0 Å². The third-order valence-corrected chi connectivity index (χ3v) is 4.16. The second kappa shape index (κ2) is 8.78. The fraction of sp³-hybridized carbons (Fsp3) is 0.389. The van der Waals surface area contributed by atoms with Gasteiger partial charge in [0.15, 0.2) is 0 Å². The van der Waals surface area contributed by atoms with Crippen LogP contribution in [0.15, 0.2) is 34.8 Å². The van der Waals surface area contributed by atoms with Gasteiger partial charge >= 0.3 is 0 Å². The molecule has 0 unspecified atom stereocenters. The second-order valence-electron chi connectivity index (χ2n) is 5.58. The molecule has 1 N–H and O–H groups in total. The lowest BCUT2D eigenvalue weighted by Gasteiger charge is -2.21. The fourth-order valence-electron chi connectivity index (χ4n) is 2.46. The number of anilines is 2. The summed E-state index contributed by atoms with van der Waals surface area (Å²) in [7, 11) is 0. The molecule has 0 saturated heterocycles. The number of nitrogens with one attached hydrogen (secondary N) is 1. The van der Waals surface area contributed by atoms with Crippen molar-refractivity contribution in [2.75, 3.05) is 18.4 Å². The van der Waals surface area contributed by atoms with E-state index in [1.165, 1.54) is 0 Å². The van der Waals surface area contributed by atoms with Crippen LogP contribution in [0.3, 0.4) is 0 Å². The smallest absolute Gasteiger partial charge is 0.272 e. The summed E-state index contributed by atoms with van der Waals surface area (Å²) in [4.78, 5) is 23.3. The van der Waals surface area contributed by atoms with Gasteiger partial charge in [0, 0.05) is 23.6 Å². The van der Waals surface area contributed by atoms with Gasteiger partial charge in [-0.15, -0.1) is 0 Å². The van der Waals surface area contributed by atoms with E-state index in [0.29, 0.717) is 17.3 Å². The summed E-state index contributed by atoms with van der Waals surface area (Å²) < 4.78 is 0.938. The summed E-state index contributed by atoms with van der Waals surface area (Å²) in [6.07, 6.45) is 1.86. The molecule has 0 fully saturated rings. The number of aryl methyl sites for hydroxylation is 1. The Morgan fingerprint density at radius 1 is 1.17 bits per heavy atom. The molecular weight excluding hydrogens is 368 g/mol. The van der Waals surface area contributed by atoms with E-state index in [-0.39, 0.29) is 5.91 Å². The number of para-hydroxylation sites is 1. The minimum absolute atomic E-state index is 0.0422. The lowest BCUT2D eigenvalue weighted by molar-refractivity contribution is 0.0749. The molecule has 0 atom stereocenters. The summed E-state index contributed by atoms with van der Waals surface area (Å²) in [6.45, 7) is 7.42. The van der Waals surface area contributed by atoms with Gasteiger partial charge in [-0.3, -0.25) is 4.79 Å². The molecule has 0 spiro atoms. The molecule has 2 aromatic rings. The van der Waals surface area contributed by atoms with E-state index < -0.39 is 0 Å². The molecule has 0 bridgehead atoms. The zero-order chi connectivity index (χ0) is 17.5. The molecule has 1 aromatic carbocycles. The van der Waals surface area contributed by atoms with E-state index in [1.54, 1.807) is 13.0 Å². The first-order chi connectivity index (χ1) is 11.5. The summed E-state index contributed by atoms with van der Waals surface area (Å²) in [5.74, 6) is 1.15. The van der Waals surface area contributed by atoms with E-state index >= 15 is 0 Å². The molecule has 2 rings (SSSR count). The van der Waals surface area contributed by atoms with Gasteiger partial charge in [0.25, 0.3) is 5.91 Å². The van der Waals surface area contributed by atoms with Crippen LogP contribution in [-0.4, -0.2) is 33.9 Å².